The van der Waals surface area contributed by atoms with Crippen LogP contribution in [0.1, 0.15) is 37.7 Å². The molecule has 0 spiro atoms. The van der Waals surface area contributed by atoms with Gasteiger partial charge in [0, 0.05) is 30.5 Å². The van der Waals surface area contributed by atoms with Crippen molar-refractivity contribution in [1.29, 1.82) is 0 Å². The van der Waals surface area contributed by atoms with E-state index in [0.717, 1.165) is 11.1 Å². The second-order valence-corrected chi connectivity index (χ2v) is 8.47. The molecule has 3 aromatic rings. The number of benzene rings is 2. The molecule has 30 heavy (non-hydrogen) atoms. The summed E-state index contributed by atoms with van der Waals surface area (Å²) in [5.74, 6) is 0.722. The van der Waals surface area contributed by atoms with Gasteiger partial charge in [-0.3, -0.25) is 4.79 Å². The minimum atomic E-state index is -0.263. The number of carbonyl (C=O) groups is 1. The molecule has 0 aliphatic carbocycles. The third-order valence-electron chi connectivity index (χ3n) is 4.94. The van der Waals surface area contributed by atoms with Crippen molar-refractivity contribution < 1.29 is 9.18 Å². The second kappa shape index (κ2) is 10.3. The van der Waals surface area contributed by atoms with Gasteiger partial charge in [-0.2, -0.15) is 4.37 Å². The first-order chi connectivity index (χ1) is 14.4. The zero-order chi connectivity index (χ0) is 21.5. The molecule has 158 valence electrons. The first-order valence-corrected chi connectivity index (χ1v) is 10.8. The van der Waals surface area contributed by atoms with E-state index >= 15 is 0 Å². The van der Waals surface area contributed by atoms with Gasteiger partial charge in [-0.15, -0.1) is 0 Å². The van der Waals surface area contributed by atoms with Gasteiger partial charge in [0.15, 0.2) is 0 Å². The fourth-order valence-corrected chi connectivity index (χ4v) is 3.55. The topological polar surface area (TPSA) is 58.1 Å². The molecule has 0 saturated heterocycles. The van der Waals surface area contributed by atoms with Crippen molar-refractivity contribution in [2.45, 2.75) is 39.8 Å². The molecule has 0 fully saturated rings. The SMILES string of the molecule is CC(C)[C@H](C)NC(=O)CN(Cc1ccccc1)c1nc(Cc2ccc(F)cc2)ns1. The number of anilines is 1. The van der Waals surface area contributed by atoms with Gasteiger partial charge in [0.2, 0.25) is 11.0 Å². The fourth-order valence-electron chi connectivity index (χ4n) is 2.86. The molecule has 0 aliphatic heterocycles. The molecular formula is C23H27FN4OS. The number of rotatable bonds is 9. The summed E-state index contributed by atoms with van der Waals surface area (Å²) in [6.45, 7) is 6.95. The minimum absolute atomic E-state index is 0.0394. The first kappa shape index (κ1) is 21.9. The van der Waals surface area contributed by atoms with Gasteiger partial charge in [-0.05, 0) is 36.1 Å². The van der Waals surface area contributed by atoms with Crippen molar-refractivity contribution in [3.63, 3.8) is 0 Å². The Bertz CT molecular complexity index is 943. The van der Waals surface area contributed by atoms with E-state index in [-0.39, 0.29) is 24.3 Å². The molecule has 0 radical (unpaired) electrons. The number of halogens is 1. The maximum Gasteiger partial charge on any atom is 0.239 e. The molecular weight excluding hydrogens is 399 g/mol. The molecule has 7 heteroatoms. The Morgan fingerprint density at radius 3 is 2.43 bits per heavy atom. The summed E-state index contributed by atoms with van der Waals surface area (Å²) in [7, 11) is 0. The van der Waals surface area contributed by atoms with Crippen molar-refractivity contribution >= 4 is 22.6 Å². The number of hydrogen-bond donors (Lipinski definition) is 1. The van der Waals surface area contributed by atoms with Crippen LogP contribution >= 0.6 is 11.5 Å². The third-order valence-corrected chi connectivity index (χ3v) is 5.76. The van der Waals surface area contributed by atoms with Crippen molar-refractivity contribution in [2.24, 2.45) is 5.92 Å². The van der Waals surface area contributed by atoms with Crippen LogP contribution in [0.25, 0.3) is 0 Å². The smallest absolute Gasteiger partial charge is 0.239 e. The van der Waals surface area contributed by atoms with Crippen LogP contribution in [0.4, 0.5) is 9.52 Å². The van der Waals surface area contributed by atoms with Crippen LogP contribution in [-0.2, 0) is 17.8 Å². The van der Waals surface area contributed by atoms with Crippen LogP contribution < -0.4 is 10.2 Å². The number of hydrogen-bond acceptors (Lipinski definition) is 5. The Labute approximate surface area is 181 Å². The highest BCUT2D eigenvalue weighted by molar-refractivity contribution is 7.09. The standard InChI is InChI=1S/C23H27FN4OS/c1-16(2)17(3)25-22(29)15-28(14-19-7-5-4-6-8-19)23-26-21(27-30-23)13-18-9-11-20(24)12-10-18/h4-12,16-17H,13-15H2,1-3H3,(H,25,29)/t17-/m0/s1. The molecule has 5 nitrogen and oxygen atoms in total. The van der Waals surface area contributed by atoms with Crippen molar-refractivity contribution in [1.82, 2.24) is 14.7 Å². The first-order valence-electron chi connectivity index (χ1n) is 10.1. The lowest BCUT2D eigenvalue weighted by atomic mass is 10.1. The summed E-state index contributed by atoms with van der Waals surface area (Å²) in [6.07, 6.45) is 0.520. The Hall–Kier alpha value is -2.80. The Morgan fingerprint density at radius 2 is 1.77 bits per heavy atom. The summed E-state index contributed by atoms with van der Waals surface area (Å²) in [6, 6.07) is 16.4. The number of nitrogens with zero attached hydrogens (tertiary/aromatic N) is 3. The fraction of sp³-hybridized carbons (Fsp3) is 0.348. The van der Waals surface area contributed by atoms with Crippen LogP contribution in [0.5, 0.6) is 0 Å². The molecule has 0 unspecified atom stereocenters. The maximum atomic E-state index is 13.1. The van der Waals surface area contributed by atoms with Crippen molar-refractivity contribution in [3.8, 4) is 0 Å². The van der Waals surface area contributed by atoms with E-state index in [9.17, 15) is 9.18 Å². The van der Waals surface area contributed by atoms with E-state index in [1.807, 2.05) is 42.2 Å². The maximum absolute atomic E-state index is 13.1. The van der Waals surface area contributed by atoms with Crippen molar-refractivity contribution in [2.75, 3.05) is 11.4 Å². The number of amides is 1. The average molecular weight is 427 g/mol. The minimum Gasteiger partial charge on any atom is -0.352 e. The third kappa shape index (κ3) is 6.35. The molecule has 0 saturated carbocycles. The number of nitrogens with one attached hydrogen (secondary N) is 1. The molecule has 1 N–H and O–H groups in total. The summed E-state index contributed by atoms with van der Waals surface area (Å²) in [4.78, 5) is 19.2. The molecule has 0 bridgehead atoms. The summed E-state index contributed by atoms with van der Waals surface area (Å²) in [5, 5.41) is 3.76. The van der Waals surface area contributed by atoms with Crippen molar-refractivity contribution in [3.05, 3.63) is 77.4 Å². The molecule has 1 atom stereocenters. The van der Waals surface area contributed by atoms with Gasteiger partial charge >= 0.3 is 0 Å². The Balaban J connectivity index is 1.75. The largest absolute Gasteiger partial charge is 0.352 e. The summed E-state index contributed by atoms with van der Waals surface area (Å²) < 4.78 is 17.6. The van der Waals surface area contributed by atoms with E-state index in [0.29, 0.717) is 29.8 Å². The highest BCUT2D eigenvalue weighted by Crippen LogP contribution is 2.21. The zero-order valence-electron chi connectivity index (χ0n) is 17.5. The van der Waals surface area contributed by atoms with Gasteiger partial charge < -0.3 is 10.2 Å². The lowest BCUT2D eigenvalue weighted by Gasteiger charge is -2.23. The van der Waals surface area contributed by atoms with E-state index in [4.69, 9.17) is 0 Å². The number of aromatic nitrogens is 2. The second-order valence-electron chi connectivity index (χ2n) is 7.74. The van der Waals surface area contributed by atoms with E-state index in [1.165, 1.54) is 23.7 Å². The summed E-state index contributed by atoms with van der Waals surface area (Å²) >= 11 is 1.28. The lowest BCUT2D eigenvalue weighted by Crippen LogP contribution is -2.42. The molecule has 0 aliphatic rings. The van der Waals surface area contributed by atoms with Crippen LogP contribution in [0.15, 0.2) is 54.6 Å². The summed E-state index contributed by atoms with van der Waals surface area (Å²) in [5.41, 5.74) is 2.04. The zero-order valence-corrected chi connectivity index (χ0v) is 18.3. The normalized spacial score (nSPS) is 12.0. The molecule has 2 aromatic carbocycles. The monoisotopic (exact) mass is 426 g/mol. The van der Waals surface area contributed by atoms with Gasteiger partial charge in [0.1, 0.15) is 11.6 Å². The Morgan fingerprint density at radius 1 is 1.07 bits per heavy atom. The molecule has 1 heterocycles. The van der Waals surface area contributed by atoms with Crippen LogP contribution in [0.3, 0.4) is 0 Å². The van der Waals surface area contributed by atoms with E-state index in [2.05, 4.69) is 28.5 Å². The van der Waals surface area contributed by atoms with Gasteiger partial charge in [0.25, 0.3) is 0 Å². The van der Waals surface area contributed by atoms with Crippen LogP contribution in [0, 0.1) is 11.7 Å². The lowest BCUT2D eigenvalue weighted by molar-refractivity contribution is -0.120. The van der Waals surface area contributed by atoms with Gasteiger partial charge in [0.05, 0.1) is 6.54 Å². The predicted molar refractivity (Wildman–Crippen MR) is 119 cm³/mol. The average Bonchev–Trinajstić information content (AvgIpc) is 3.18. The molecule has 1 amide bonds. The quantitative estimate of drug-likeness (QED) is 0.550. The van der Waals surface area contributed by atoms with Crippen LogP contribution in [0.2, 0.25) is 0 Å². The highest BCUT2D eigenvalue weighted by Gasteiger charge is 2.19. The predicted octanol–water partition coefficient (Wildman–Crippen LogP) is 4.44. The Kier molecular flexibility index (Phi) is 7.52. The highest BCUT2D eigenvalue weighted by atomic mass is 32.1. The van der Waals surface area contributed by atoms with E-state index < -0.39 is 0 Å². The van der Waals surface area contributed by atoms with Gasteiger partial charge in [-0.25, -0.2) is 9.37 Å². The molecule has 1 aromatic heterocycles. The van der Waals surface area contributed by atoms with Crippen LogP contribution in [-0.4, -0.2) is 27.9 Å². The number of carbonyl (C=O) groups excluding carboxylic acids is 1. The van der Waals surface area contributed by atoms with Gasteiger partial charge in [-0.1, -0.05) is 56.3 Å². The van der Waals surface area contributed by atoms with E-state index in [1.54, 1.807) is 12.1 Å². The molecule has 3 rings (SSSR count).